The Kier molecular flexibility index (Phi) is 8.30. The van der Waals surface area contributed by atoms with Crippen molar-refractivity contribution in [3.8, 4) is 5.75 Å². The van der Waals surface area contributed by atoms with Gasteiger partial charge in [0.05, 0.1) is 35.3 Å². The molecule has 0 amide bonds. The van der Waals surface area contributed by atoms with Gasteiger partial charge >= 0.3 is 17.9 Å². The number of nitrogen functional groups attached to an aromatic ring is 1. The number of carboxylic acid groups (broad SMARTS) is 1. The summed E-state index contributed by atoms with van der Waals surface area (Å²) in [6.45, 7) is 1.21. The first-order chi connectivity index (χ1) is 16.7. The van der Waals surface area contributed by atoms with Crippen molar-refractivity contribution in [2.75, 3.05) is 25.2 Å². The Morgan fingerprint density at radius 3 is 2.46 bits per heavy atom. The van der Waals surface area contributed by atoms with Gasteiger partial charge < -0.3 is 30.5 Å². The Balaban J connectivity index is 2.05. The molecule has 0 unspecified atom stereocenters. The third-order valence-corrected chi connectivity index (χ3v) is 5.72. The van der Waals surface area contributed by atoms with Crippen LogP contribution in [0.25, 0.3) is 0 Å². The maximum absolute atomic E-state index is 12.9. The monoisotopic (exact) mass is 483 g/mol. The number of carbonyl (C=O) groups is 3. The van der Waals surface area contributed by atoms with Gasteiger partial charge in [-0.2, -0.15) is 0 Å². The second kappa shape index (κ2) is 11.4. The van der Waals surface area contributed by atoms with E-state index < -0.39 is 17.9 Å². The number of carboxylic acids is 1. The van der Waals surface area contributed by atoms with Crippen LogP contribution in [-0.2, 0) is 20.8 Å². The van der Waals surface area contributed by atoms with Gasteiger partial charge in [-0.3, -0.25) is 0 Å². The molecule has 1 fully saturated rings. The van der Waals surface area contributed by atoms with E-state index in [0.29, 0.717) is 22.6 Å². The lowest BCUT2D eigenvalue weighted by molar-refractivity contribution is -0.140. The van der Waals surface area contributed by atoms with Gasteiger partial charge in [0.1, 0.15) is 11.9 Å². The summed E-state index contributed by atoms with van der Waals surface area (Å²) in [5.74, 6) is -1.91. The summed E-state index contributed by atoms with van der Waals surface area (Å²) >= 11 is 0. The van der Waals surface area contributed by atoms with E-state index in [9.17, 15) is 19.5 Å². The lowest BCUT2D eigenvalue weighted by Gasteiger charge is -2.18. The van der Waals surface area contributed by atoms with E-state index in [1.807, 2.05) is 0 Å². The van der Waals surface area contributed by atoms with Gasteiger partial charge in [-0.15, -0.1) is 0 Å². The molecule has 0 saturated heterocycles. The lowest BCUT2D eigenvalue weighted by Crippen LogP contribution is -2.18. The zero-order chi connectivity index (χ0) is 25.5. The van der Waals surface area contributed by atoms with E-state index in [1.165, 1.54) is 32.2 Å². The van der Waals surface area contributed by atoms with E-state index >= 15 is 0 Å². The molecule has 10 heteroatoms. The summed E-state index contributed by atoms with van der Waals surface area (Å²) < 4.78 is 11.0. The minimum absolute atomic E-state index is 0.0564. The molecule has 10 nitrogen and oxygen atoms in total. The summed E-state index contributed by atoms with van der Waals surface area (Å²) in [4.78, 5) is 40.7. The number of nitrogens with one attached hydrogen (secondary N) is 1. The summed E-state index contributed by atoms with van der Waals surface area (Å²) in [5.41, 5.74) is 8.60. The number of hydrogen-bond acceptors (Lipinski definition) is 9. The van der Waals surface area contributed by atoms with E-state index in [1.54, 1.807) is 19.2 Å². The molecule has 1 saturated carbocycles. The van der Waals surface area contributed by atoms with Crippen molar-refractivity contribution in [2.24, 2.45) is 5.16 Å². The van der Waals surface area contributed by atoms with E-state index in [-0.39, 0.29) is 35.1 Å². The average Bonchev–Trinajstić information content (AvgIpc) is 3.34. The Bertz CT molecular complexity index is 1150. The standard InChI is InChI=1S/C25H29N3O7/c1-14(29)35-28-21(12-15-8-9-16(24(30)31)13-22(15)33-3)19-10-17(11-20(26)23(19)27-2)25(32)34-18-6-4-5-7-18/h8-11,13,18,27H,4-7,12,26H2,1-3H3,(H,30,31). The number of nitrogens with zero attached hydrogens (tertiary/aromatic N) is 1. The fourth-order valence-electron chi connectivity index (χ4n) is 4.01. The molecule has 2 aromatic carbocycles. The highest BCUT2D eigenvalue weighted by atomic mass is 16.7. The maximum atomic E-state index is 12.9. The maximum Gasteiger partial charge on any atom is 0.338 e. The van der Waals surface area contributed by atoms with Gasteiger partial charge in [0, 0.05) is 31.5 Å². The van der Waals surface area contributed by atoms with Crippen LogP contribution in [0.3, 0.4) is 0 Å². The van der Waals surface area contributed by atoms with Gasteiger partial charge in [0.15, 0.2) is 0 Å². The van der Waals surface area contributed by atoms with Crippen molar-refractivity contribution in [1.29, 1.82) is 0 Å². The molecule has 4 N–H and O–H groups in total. The van der Waals surface area contributed by atoms with Gasteiger partial charge in [0.25, 0.3) is 0 Å². The number of benzene rings is 2. The Labute approximate surface area is 203 Å². The molecule has 0 bridgehead atoms. The third kappa shape index (κ3) is 6.28. The molecule has 1 aliphatic carbocycles. The topological polar surface area (TPSA) is 150 Å². The van der Waals surface area contributed by atoms with Crippen LogP contribution < -0.4 is 15.8 Å². The van der Waals surface area contributed by atoms with Crippen LogP contribution in [0.1, 0.15) is 64.4 Å². The number of rotatable bonds is 9. The number of nitrogens with two attached hydrogens (primary N) is 1. The van der Waals surface area contributed by atoms with Crippen molar-refractivity contribution in [3.05, 3.63) is 52.6 Å². The number of hydrogen-bond donors (Lipinski definition) is 3. The smallest absolute Gasteiger partial charge is 0.338 e. The van der Waals surface area contributed by atoms with Crippen molar-refractivity contribution < 1.29 is 33.8 Å². The molecule has 0 aromatic heterocycles. The predicted molar refractivity (Wildman–Crippen MR) is 130 cm³/mol. The molecule has 35 heavy (non-hydrogen) atoms. The Hall–Kier alpha value is -4.08. The van der Waals surface area contributed by atoms with E-state index in [2.05, 4.69) is 10.5 Å². The van der Waals surface area contributed by atoms with Crippen molar-refractivity contribution in [1.82, 2.24) is 0 Å². The number of oxime groups is 1. The van der Waals surface area contributed by atoms with Crippen LogP contribution in [0, 0.1) is 0 Å². The predicted octanol–water partition coefficient (Wildman–Crippen LogP) is 3.63. The number of methoxy groups -OCH3 is 1. The fraction of sp³-hybridized carbons (Fsp3) is 0.360. The number of esters is 1. The highest BCUT2D eigenvalue weighted by Crippen LogP contribution is 2.31. The van der Waals surface area contributed by atoms with Gasteiger partial charge in [0.2, 0.25) is 0 Å². The number of carbonyl (C=O) groups excluding carboxylic acids is 2. The van der Waals surface area contributed by atoms with Crippen LogP contribution >= 0.6 is 0 Å². The Morgan fingerprint density at radius 2 is 1.86 bits per heavy atom. The molecule has 0 spiro atoms. The Morgan fingerprint density at radius 1 is 1.14 bits per heavy atom. The van der Waals surface area contributed by atoms with Crippen LogP contribution in [0.2, 0.25) is 0 Å². The molecule has 186 valence electrons. The van der Waals surface area contributed by atoms with E-state index in [4.69, 9.17) is 20.0 Å². The first-order valence-electron chi connectivity index (χ1n) is 11.2. The summed E-state index contributed by atoms with van der Waals surface area (Å²) in [6.07, 6.45) is 3.66. The summed E-state index contributed by atoms with van der Waals surface area (Å²) in [5, 5.41) is 16.3. The molecular weight excluding hydrogens is 454 g/mol. The normalized spacial score (nSPS) is 13.9. The van der Waals surface area contributed by atoms with Crippen LogP contribution in [0.15, 0.2) is 35.5 Å². The number of aromatic carboxylic acids is 1. The summed E-state index contributed by atoms with van der Waals surface area (Å²) in [7, 11) is 3.08. The largest absolute Gasteiger partial charge is 0.496 e. The molecule has 1 aliphatic rings. The van der Waals surface area contributed by atoms with Crippen molar-refractivity contribution in [3.63, 3.8) is 0 Å². The SMILES string of the molecule is CNc1c(N)cc(C(=O)OC2CCCC2)cc1C(Cc1ccc(C(=O)O)cc1OC)=NOC(C)=O. The number of anilines is 2. The molecule has 0 heterocycles. The highest BCUT2D eigenvalue weighted by molar-refractivity contribution is 6.10. The molecule has 2 aromatic rings. The minimum atomic E-state index is -1.10. The van der Waals surface area contributed by atoms with Crippen LogP contribution in [0.5, 0.6) is 5.75 Å². The highest BCUT2D eigenvalue weighted by Gasteiger charge is 2.24. The molecule has 0 radical (unpaired) electrons. The number of ether oxygens (including phenoxy) is 2. The van der Waals surface area contributed by atoms with E-state index in [0.717, 1.165) is 25.7 Å². The minimum Gasteiger partial charge on any atom is -0.496 e. The zero-order valence-electron chi connectivity index (χ0n) is 19.9. The second-order valence-electron chi connectivity index (χ2n) is 8.18. The van der Waals surface area contributed by atoms with Crippen molar-refractivity contribution in [2.45, 2.75) is 45.1 Å². The molecule has 3 rings (SSSR count). The third-order valence-electron chi connectivity index (χ3n) is 5.72. The first-order valence-corrected chi connectivity index (χ1v) is 11.2. The van der Waals surface area contributed by atoms with Gasteiger partial charge in [-0.1, -0.05) is 11.2 Å². The van der Waals surface area contributed by atoms with Crippen molar-refractivity contribution >= 4 is 35.0 Å². The van der Waals surface area contributed by atoms with Gasteiger partial charge in [-0.05, 0) is 49.9 Å². The average molecular weight is 484 g/mol. The quantitative estimate of drug-likeness (QED) is 0.160. The zero-order valence-corrected chi connectivity index (χ0v) is 19.9. The van der Waals surface area contributed by atoms with Crippen LogP contribution in [-0.4, -0.2) is 49.0 Å². The molecule has 0 aliphatic heterocycles. The van der Waals surface area contributed by atoms with Gasteiger partial charge in [-0.25, -0.2) is 14.4 Å². The molecule has 0 atom stereocenters. The van der Waals surface area contributed by atoms with Crippen LogP contribution in [0.4, 0.5) is 11.4 Å². The fourth-order valence-corrected chi connectivity index (χ4v) is 4.01. The molecular formula is C25H29N3O7. The summed E-state index contributed by atoms with van der Waals surface area (Å²) in [6, 6.07) is 7.53. The first kappa shape index (κ1) is 25.5. The second-order valence-corrected chi connectivity index (χ2v) is 8.18. The lowest BCUT2D eigenvalue weighted by atomic mass is 9.96.